The van der Waals surface area contributed by atoms with Crippen molar-refractivity contribution < 1.29 is 0 Å². The Morgan fingerprint density at radius 1 is 1.00 bits per heavy atom. The lowest BCUT2D eigenvalue weighted by molar-refractivity contribution is 0.671. The summed E-state index contributed by atoms with van der Waals surface area (Å²) in [6.45, 7) is 8.21. The molecule has 0 spiro atoms. The largest absolute Gasteiger partial charge is 0.356 e. The zero-order chi connectivity index (χ0) is 21.8. The number of benzene rings is 1. The van der Waals surface area contributed by atoms with Gasteiger partial charge in [0.25, 0.3) is 0 Å². The van der Waals surface area contributed by atoms with E-state index in [1.54, 1.807) is 28.6 Å². The third-order valence-electron chi connectivity index (χ3n) is 4.84. The van der Waals surface area contributed by atoms with Crippen molar-refractivity contribution in [1.82, 2.24) is 19.7 Å². The number of fused-ring (bicyclic) bond motifs is 1. The molecular weight excluding hydrogens is 461 g/mol. The van der Waals surface area contributed by atoms with Gasteiger partial charge in [0.15, 0.2) is 5.65 Å². The van der Waals surface area contributed by atoms with Gasteiger partial charge in [-0.1, -0.05) is 61.5 Å². The standard InChI is InChI=1S/C21H26Cl3N5S/c1-5-7-9-28(10-8-6-2)19-17-20(26-13(3)25-19)29(27-21(17)30-4)18-15(23)11-14(22)12-16(18)24/h11-12H,5-10H2,1-4H3. The maximum atomic E-state index is 6.51. The van der Waals surface area contributed by atoms with Gasteiger partial charge in [0.05, 0.1) is 15.4 Å². The van der Waals surface area contributed by atoms with Crippen molar-refractivity contribution in [3.05, 3.63) is 33.0 Å². The van der Waals surface area contributed by atoms with E-state index in [1.165, 1.54) is 0 Å². The first-order valence-electron chi connectivity index (χ1n) is 10.1. The number of aryl methyl sites for hydroxylation is 1. The van der Waals surface area contributed by atoms with Gasteiger partial charge in [0.1, 0.15) is 22.4 Å². The molecule has 3 aromatic rings. The maximum Gasteiger partial charge on any atom is 0.170 e. The Labute approximate surface area is 197 Å². The molecule has 0 saturated carbocycles. The normalized spacial score (nSPS) is 11.4. The van der Waals surface area contributed by atoms with Crippen LogP contribution < -0.4 is 4.90 Å². The Kier molecular flexibility index (Phi) is 8.13. The van der Waals surface area contributed by atoms with E-state index in [-0.39, 0.29) is 0 Å². The Morgan fingerprint density at radius 2 is 1.60 bits per heavy atom. The number of hydrogen-bond donors (Lipinski definition) is 0. The summed E-state index contributed by atoms with van der Waals surface area (Å²) >= 11 is 20.7. The van der Waals surface area contributed by atoms with Crippen LogP contribution in [0, 0.1) is 6.92 Å². The van der Waals surface area contributed by atoms with Gasteiger partial charge in [-0.3, -0.25) is 0 Å². The lowest BCUT2D eigenvalue weighted by atomic mass is 10.2. The average molecular weight is 487 g/mol. The zero-order valence-corrected chi connectivity index (χ0v) is 20.8. The van der Waals surface area contributed by atoms with Crippen LogP contribution in [0.2, 0.25) is 15.1 Å². The van der Waals surface area contributed by atoms with Crippen LogP contribution in [-0.4, -0.2) is 39.1 Å². The molecule has 0 saturated heterocycles. The molecule has 2 heterocycles. The molecule has 9 heteroatoms. The van der Waals surface area contributed by atoms with Crippen LogP contribution in [0.3, 0.4) is 0 Å². The second-order valence-electron chi connectivity index (χ2n) is 7.13. The highest BCUT2D eigenvalue weighted by molar-refractivity contribution is 7.98. The minimum atomic E-state index is 0.427. The number of aromatic nitrogens is 4. The molecule has 0 aliphatic heterocycles. The van der Waals surface area contributed by atoms with Gasteiger partial charge < -0.3 is 4.90 Å². The fourth-order valence-electron chi connectivity index (χ4n) is 3.36. The van der Waals surface area contributed by atoms with E-state index in [4.69, 9.17) is 49.9 Å². The first-order valence-corrected chi connectivity index (χ1v) is 12.5. The summed E-state index contributed by atoms with van der Waals surface area (Å²) in [5.74, 6) is 1.61. The Balaban J connectivity index is 2.27. The summed E-state index contributed by atoms with van der Waals surface area (Å²) in [7, 11) is 0. The smallest absolute Gasteiger partial charge is 0.170 e. The molecule has 0 aliphatic carbocycles. The molecule has 30 heavy (non-hydrogen) atoms. The molecule has 3 rings (SSSR count). The van der Waals surface area contributed by atoms with E-state index in [0.29, 0.717) is 32.2 Å². The molecular formula is C21H26Cl3N5S. The summed E-state index contributed by atoms with van der Waals surface area (Å²) in [6, 6.07) is 3.33. The van der Waals surface area contributed by atoms with Gasteiger partial charge in [0.2, 0.25) is 0 Å². The molecule has 162 valence electrons. The van der Waals surface area contributed by atoms with Crippen molar-refractivity contribution in [3.8, 4) is 5.69 Å². The summed E-state index contributed by atoms with van der Waals surface area (Å²) in [5, 5.41) is 7.93. The molecule has 0 N–H and O–H groups in total. The fourth-order valence-corrected chi connectivity index (χ4v) is 4.89. The minimum Gasteiger partial charge on any atom is -0.356 e. The quantitative estimate of drug-likeness (QED) is 0.299. The van der Waals surface area contributed by atoms with Crippen molar-refractivity contribution in [3.63, 3.8) is 0 Å². The lowest BCUT2D eigenvalue weighted by Gasteiger charge is -2.24. The predicted molar refractivity (Wildman–Crippen MR) is 130 cm³/mol. The van der Waals surface area contributed by atoms with E-state index < -0.39 is 0 Å². The summed E-state index contributed by atoms with van der Waals surface area (Å²) in [4.78, 5) is 11.9. The monoisotopic (exact) mass is 485 g/mol. The SMILES string of the molecule is CCCCN(CCCC)c1nc(C)nc2c1c(SC)nn2-c1c(Cl)cc(Cl)cc1Cl. The molecule has 2 aromatic heterocycles. The van der Waals surface area contributed by atoms with Crippen LogP contribution in [-0.2, 0) is 0 Å². The second-order valence-corrected chi connectivity index (χ2v) is 9.17. The van der Waals surface area contributed by atoms with Crippen LogP contribution in [0.15, 0.2) is 17.2 Å². The summed E-state index contributed by atoms with van der Waals surface area (Å²) < 4.78 is 1.72. The summed E-state index contributed by atoms with van der Waals surface area (Å²) in [6.07, 6.45) is 6.46. The van der Waals surface area contributed by atoms with E-state index in [1.807, 2.05) is 13.2 Å². The van der Waals surface area contributed by atoms with Crippen molar-refractivity contribution in [2.24, 2.45) is 0 Å². The Bertz CT molecular complexity index is 1010. The van der Waals surface area contributed by atoms with Crippen LogP contribution in [0.5, 0.6) is 0 Å². The lowest BCUT2D eigenvalue weighted by Crippen LogP contribution is -2.27. The van der Waals surface area contributed by atoms with E-state index in [9.17, 15) is 0 Å². The van der Waals surface area contributed by atoms with E-state index in [2.05, 4.69) is 18.7 Å². The first kappa shape index (κ1) is 23.5. The third kappa shape index (κ3) is 4.82. The van der Waals surface area contributed by atoms with E-state index >= 15 is 0 Å². The zero-order valence-electron chi connectivity index (χ0n) is 17.7. The van der Waals surface area contributed by atoms with Gasteiger partial charge in [-0.15, -0.1) is 11.8 Å². The first-order chi connectivity index (χ1) is 14.4. The van der Waals surface area contributed by atoms with Crippen LogP contribution in [0.25, 0.3) is 16.7 Å². The highest BCUT2D eigenvalue weighted by atomic mass is 35.5. The second kappa shape index (κ2) is 10.4. The van der Waals surface area contributed by atoms with Crippen LogP contribution in [0.4, 0.5) is 5.82 Å². The number of nitrogens with zero attached hydrogens (tertiary/aromatic N) is 5. The van der Waals surface area contributed by atoms with Crippen molar-refractivity contribution >= 4 is 63.4 Å². The molecule has 0 fully saturated rings. The average Bonchev–Trinajstić information content (AvgIpc) is 3.05. The molecule has 0 aliphatic rings. The molecule has 0 amide bonds. The van der Waals surface area contributed by atoms with E-state index in [0.717, 1.165) is 55.0 Å². The van der Waals surface area contributed by atoms with Gasteiger partial charge in [-0.05, 0) is 38.2 Å². The summed E-state index contributed by atoms with van der Waals surface area (Å²) in [5.41, 5.74) is 1.27. The number of halogens is 3. The number of hydrogen-bond acceptors (Lipinski definition) is 5. The molecule has 1 aromatic carbocycles. The number of thioether (sulfide) groups is 1. The van der Waals surface area contributed by atoms with Crippen molar-refractivity contribution in [1.29, 1.82) is 0 Å². The topological polar surface area (TPSA) is 46.8 Å². The number of anilines is 1. The molecule has 5 nitrogen and oxygen atoms in total. The minimum absolute atomic E-state index is 0.427. The fraction of sp³-hybridized carbons (Fsp3) is 0.476. The number of unbranched alkanes of at least 4 members (excludes halogenated alkanes) is 2. The molecule has 0 atom stereocenters. The predicted octanol–water partition coefficient (Wildman–Crippen LogP) is 7.21. The van der Waals surface area contributed by atoms with Crippen molar-refractivity contribution in [2.45, 2.75) is 51.5 Å². The Morgan fingerprint density at radius 3 is 2.13 bits per heavy atom. The van der Waals surface area contributed by atoms with Gasteiger partial charge in [-0.2, -0.15) is 5.10 Å². The molecule has 0 radical (unpaired) electrons. The van der Waals surface area contributed by atoms with Gasteiger partial charge in [-0.25, -0.2) is 14.6 Å². The number of rotatable bonds is 9. The van der Waals surface area contributed by atoms with Crippen molar-refractivity contribution in [2.75, 3.05) is 24.2 Å². The highest BCUT2D eigenvalue weighted by Crippen LogP contribution is 2.38. The highest BCUT2D eigenvalue weighted by Gasteiger charge is 2.24. The third-order valence-corrected chi connectivity index (χ3v) is 6.30. The maximum absolute atomic E-state index is 6.51. The Hall–Kier alpha value is -1.21. The van der Waals surface area contributed by atoms with Gasteiger partial charge in [0, 0.05) is 18.1 Å². The van der Waals surface area contributed by atoms with Gasteiger partial charge >= 0.3 is 0 Å². The van der Waals surface area contributed by atoms with Crippen LogP contribution in [0.1, 0.15) is 45.4 Å². The molecule has 0 bridgehead atoms. The van der Waals surface area contributed by atoms with Crippen LogP contribution >= 0.6 is 46.6 Å². The molecule has 0 unspecified atom stereocenters.